The standard InChI is InChI=1S/C17H11NOS/c18-11-12-5-1-4-8-16(12)20-17-10-9-15(19)13-6-2-3-7-14(13)17/h1-10,19H. The van der Waals surface area contributed by atoms with E-state index in [-0.39, 0.29) is 5.75 Å². The summed E-state index contributed by atoms with van der Waals surface area (Å²) in [5.74, 6) is 0.276. The molecular weight excluding hydrogens is 266 g/mol. The van der Waals surface area contributed by atoms with E-state index in [0.717, 1.165) is 20.6 Å². The largest absolute Gasteiger partial charge is 0.507 e. The predicted octanol–water partition coefficient (Wildman–Crippen LogP) is 4.57. The molecular formula is C17H11NOS. The number of nitriles is 1. The summed E-state index contributed by atoms with van der Waals surface area (Å²) in [5, 5.41) is 20.9. The van der Waals surface area contributed by atoms with Crippen molar-refractivity contribution in [3.05, 3.63) is 66.2 Å². The number of benzene rings is 3. The van der Waals surface area contributed by atoms with E-state index in [0.29, 0.717) is 5.56 Å². The molecule has 0 amide bonds. The SMILES string of the molecule is N#Cc1ccccc1Sc1ccc(O)c2ccccc12. The summed E-state index contributed by atoms with van der Waals surface area (Å²) in [4.78, 5) is 1.95. The zero-order valence-electron chi connectivity index (χ0n) is 10.6. The fourth-order valence-corrected chi connectivity index (χ4v) is 3.14. The zero-order chi connectivity index (χ0) is 13.9. The van der Waals surface area contributed by atoms with Gasteiger partial charge in [0.25, 0.3) is 0 Å². The molecule has 0 heterocycles. The van der Waals surface area contributed by atoms with E-state index in [1.807, 2.05) is 54.6 Å². The average molecular weight is 277 g/mol. The lowest BCUT2D eigenvalue weighted by Crippen LogP contribution is -1.82. The van der Waals surface area contributed by atoms with Crippen molar-refractivity contribution in [2.24, 2.45) is 0 Å². The molecule has 0 aromatic heterocycles. The predicted molar refractivity (Wildman–Crippen MR) is 80.9 cm³/mol. The summed E-state index contributed by atoms with van der Waals surface area (Å²) < 4.78 is 0. The van der Waals surface area contributed by atoms with Crippen molar-refractivity contribution >= 4 is 22.5 Å². The number of phenols is 1. The summed E-state index contributed by atoms with van der Waals surface area (Å²) in [6, 6.07) is 21.0. The Balaban J connectivity index is 2.12. The molecule has 0 atom stereocenters. The zero-order valence-corrected chi connectivity index (χ0v) is 11.4. The molecule has 0 fully saturated rings. The molecule has 0 unspecified atom stereocenters. The molecule has 0 saturated heterocycles. The van der Waals surface area contributed by atoms with Crippen molar-refractivity contribution < 1.29 is 5.11 Å². The number of hydrogen-bond donors (Lipinski definition) is 1. The minimum Gasteiger partial charge on any atom is -0.507 e. The van der Waals surface area contributed by atoms with Gasteiger partial charge in [-0.05, 0) is 29.7 Å². The molecule has 96 valence electrons. The van der Waals surface area contributed by atoms with Crippen LogP contribution in [-0.4, -0.2) is 5.11 Å². The third-order valence-corrected chi connectivity index (χ3v) is 4.24. The molecule has 20 heavy (non-hydrogen) atoms. The number of nitrogens with zero attached hydrogens (tertiary/aromatic N) is 1. The number of fused-ring (bicyclic) bond motifs is 1. The van der Waals surface area contributed by atoms with E-state index in [1.54, 1.807) is 17.8 Å². The average Bonchev–Trinajstić information content (AvgIpc) is 2.51. The molecule has 2 nitrogen and oxygen atoms in total. The van der Waals surface area contributed by atoms with Gasteiger partial charge in [0.15, 0.2) is 0 Å². The fraction of sp³-hybridized carbons (Fsp3) is 0. The van der Waals surface area contributed by atoms with Gasteiger partial charge in [0, 0.05) is 15.2 Å². The van der Waals surface area contributed by atoms with Gasteiger partial charge in [-0.1, -0.05) is 48.2 Å². The Bertz CT molecular complexity index is 821. The molecule has 0 aliphatic carbocycles. The van der Waals surface area contributed by atoms with Crippen molar-refractivity contribution in [3.8, 4) is 11.8 Å². The second kappa shape index (κ2) is 5.28. The molecule has 0 aliphatic heterocycles. The lowest BCUT2D eigenvalue weighted by Gasteiger charge is -2.08. The highest BCUT2D eigenvalue weighted by Gasteiger charge is 2.08. The molecule has 0 radical (unpaired) electrons. The first-order valence-corrected chi connectivity index (χ1v) is 6.99. The van der Waals surface area contributed by atoms with Gasteiger partial charge in [-0.2, -0.15) is 5.26 Å². The van der Waals surface area contributed by atoms with Crippen LogP contribution >= 0.6 is 11.8 Å². The molecule has 1 N–H and O–H groups in total. The smallest absolute Gasteiger partial charge is 0.123 e. The Hall–Kier alpha value is -2.44. The third kappa shape index (κ3) is 2.22. The molecule has 3 rings (SSSR count). The van der Waals surface area contributed by atoms with E-state index in [9.17, 15) is 5.11 Å². The van der Waals surface area contributed by atoms with Crippen molar-refractivity contribution in [1.29, 1.82) is 5.26 Å². The van der Waals surface area contributed by atoms with E-state index in [4.69, 9.17) is 5.26 Å². The van der Waals surface area contributed by atoms with Crippen LogP contribution in [0, 0.1) is 11.3 Å². The highest BCUT2D eigenvalue weighted by molar-refractivity contribution is 7.99. The first kappa shape index (κ1) is 12.6. The summed E-state index contributed by atoms with van der Waals surface area (Å²) in [6.07, 6.45) is 0. The van der Waals surface area contributed by atoms with Crippen LogP contribution in [0.25, 0.3) is 10.8 Å². The first-order chi connectivity index (χ1) is 9.79. The minimum absolute atomic E-state index is 0.276. The van der Waals surface area contributed by atoms with Crippen LogP contribution in [-0.2, 0) is 0 Å². The van der Waals surface area contributed by atoms with E-state index in [1.165, 1.54) is 0 Å². The monoisotopic (exact) mass is 277 g/mol. The van der Waals surface area contributed by atoms with Crippen LogP contribution in [0.5, 0.6) is 5.75 Å². The number of aromatic hydroxyl groups is 1. The maximum Gasteiger partial charge on any atom is 0.123 e. The van der Waals surface area contributed by atoms with Crippen molar-refractivity contribution in [1.82, 2.24) is 0 Å². The number of rotatable bonds is 2. The van der Waals surface area contributed by atoms with Gasteiger partial charge < -0.3 is 5.11 Å². The van der Waals surface area contributed by atoms with Gasteiger partial charge >= 0.3 is 0 Å². The lowest BCUT2D eigenvalue weighted by atomic mass is 10.1. The van der Waals surface area contributed by atoms with Crippen LogP contribution in [0.4, 0.5) is 0 Å². The Morgan fingerprint density at radius 3 is 2.30 bits per heavy atom. The summed E-state index contributed by atoms with van der Waals surface area (Å²) in [7, 11) is 0. The molecule has 0 saturated carbocycles. The van der Waals surface area contributed by atoms with Crippen LogP contribution < -0.4 is 0 Å². The van der Waals surface area contributed by atoms with Gasteiger partial charge in [0.05, 0.1) is 5.56 Å². The van der Waals surface area contributed by atoms with Crippen molar-refractivity contribution in [2.45, 2.75) is 9.79 Å². The van der Waals surface area contributed by atoms with Crippen molar-refractivity contribution in [2.75, 3.05) is 0 Å². The number of phenolic OH excluding ortho intramolecular Hbond substituents is 1. The van der Waals surface area contributed by atoms with Crippen LogP contribution in [0.2, 0.25) is 0 Å². The third-order valence-electron chi connectivity index (χ3n) is 3.09. The number of hydrogen-bond acceptors (Lipinski definition) is 3. The van der Waals surface area contributed by atoms with Gasteiger partial charge in [0.1, 0.15) is 11.8 Å². The van der Waals surface area contributed by atoms with E-state index >= 15 is 0 Å². The maximum atomic E-state index is 9.90. The molecule has 3 aromatic rings. The quantitative estimate of drug-likeness (QED) is 0.746. The highest BCUT2D eigenvalue weighted by Crippen LogP contribution is 2.37. The fourth-order valence-electron chi connectivity index (χ4n) is 2.11. The maximum absolute atomic E-state index is 9.90. The topological polar surface area (TPSA) is 44.0 Å². The molecule has 0 spiro atoms. The minimum atomic E-state index is 0.276. The van der Waals surface area contributed by atoms with Gasteiger partial charge in [-0.15, -0.1) is 0 Å². The highest BCUT2D eigenvalue weighted by atomic mass is 32.2. The van der Waals surface area contributed by atoms with Gasteiger partial charge in [-0.3, -0.25) is 0 Å². The Kier molecular flexibility index (Phi) is 3.32. The van der Waals surface area contributed by atoms with E-state index < -0.39 is 0 Å². The lowest BCUT2D eigenvalue weighted by molar-refractivity contribution is 0.481. The van der Waals surface area contributed by atoms with Crippen LogP contribution in [0.3, 0.4) is 0 Å². The Labute approximate surface area is 121 Å². The molecule has 0 aliphatic rings. The first-order valence-electron chi connectivity index (χ1n) is 6.17. The summed E-state index contributed by atoms with van der Waals surface area (Å²) in [6.45, 7) is 0. The Morgan fingerprint density at radius 2 is 1.50 bits per heavy atom. The molecule has 3 aromatic carbocycles. The molecule has 0 bridgehead atoms. The second-order valence-electron chi connectivity index (χ2n) is 4.34. The van der Waals surface area contributed by atoms with Crippen LogP contribution in [0.1, 0.15) is 5.56 Å². The van der Waals surface area contributed by atoms with E-state index in [2.05, 4.69) is 6.07 Å². The second-order valence-corrected chi connectivity index (χ2v) is 5.42. The van der Waals surface area contributed by atoms with Gasteiger partial charge in [-0.25, -0.2) is 0 Å². The van der Waals surface area contributed by atoms with Gasteiger partial charge in [0.2, 0.25) is 0 Å². The normalized spacial score (nSPS) is 10.3. The van der Waals surface area contributed by atoms with Crippen LogP contribution in [0.15, 0.2) is 70.5 Å². The van der Waals surface area contributed by atoms with Crippen molar-refractivity contribution in [3.63, 3.8) is 0 Å². The summed E-state index contributed by atoms with van der Waals surface area (Å²) in [5.41, 5.74) is 0.662. The summed E-state index contributed by atoms with van der Waals surface area (Å²) >= 11 is 1.54. The molecule has 3 heteroatoms. The Morgan fingerprint density at radius 1 is 0.800 bits per heavy atom.